The fourth-order valence-electron chi connectivity index (χ4n) is 6.77. The van der Waals surface area contributed by atoms with E-state index < -0.39 is 6.10 Å². The highest BCUT2D eigenvalue weighted by atomic mass is 16.6. The minimum atomic E-state index is -0.814. The van der Waals surface area contributed by atoms with Crippen LogP contribution in [0.15, 0.2) is 85.1 Å². The van der Waals surface area contributed by atoms with E-state index in [2.05, 4.69) is 69.4 Å². The van der Waals surface area contributed by atoms with Gasteiger partial charge >= 0.3 is 17.9 Å². The second kappa shape index (κ2) is 49.2. The number of allylic oxidation sites excluding steroid dienone is 14. The van der Waals surface area contributed by atoms with E-state index in [0.717, 1.165) is 70.6 Å². The topological polar surface area (TPSA) is 78.9 Å². The standard InChI is InChI=1S/C55H92O6/c1-4-7-10-13-16-19-22-24-25-26-27-28-29-31-33-36-39-42-45-48-54(57)60-51-52(50-59-53(56)47-44-41-38-35-32-21-18-15-12-9-6-3)61-55(58)49-46-43-40-37-34-30-23-20-17-14-11-8-5-2/h8-9,11-12,14,17-18,20-21,23,30,34-35,38,52H,4-7,10,13,15-16,19,22,24-29,31-33,36-37,39-51H2,1-3H3/b11-8-,12-9-,17-14-,21-18-,23-20-,34-30-,38-35-. The van der Waals surface area contributed by atoms with Gasteiger partial charge in [-0.1, -0.05) is 228 Å². The number of unbranched alkanes of at least 4 members (excludes halogenated alkanes) is 22. The lowest BCUT2D eigenvalue weighted by atomic mass is 10.0. The minimum Gasteiger partial charge on any atom is -0.462 e. The van der Waals surface area contributed by atoms with Gasteiger partial charge in [-0.25, -0.2) is 0 Å². The van der Waals surface area contributed by atoms with E-state index in [9.17, 15) is 14.4 Å². The Balaban J connectivity index is 4.39. The highest BCUT2D eigenvalue weighted by Crippen LogP contribution is 2.15. The molecular formula is C55H92O6. The quantitative estimate of drug-likeness (QED) is 0.0200. The van der Waals surface area contributed by atoms with Crippen LogP contribution in [0.2, 0.25) is 0 Å². The third-order valence-electron chi connectivity index (χ3n) is 10.5. The highest BCUT2D eigenvalue weighted by Gasteiger charge is 2.19. The molecule has 0 amide bonds. The first-order chi connectivity index (χ1) is 30.0. The van der Waals surface area contributed by atoms with E-state index in [1.807, 2.05) is 36.5 Å². The molecule has 0 aromatic rings. The van der Waals surface area contributed by atoms with Gasteiger partial charge in [0.25, 0.3) is 0 Å². The summed E-state index contributed by atoms with van der Waals surface area (Å²) in [4.78, 5) is 37.8. The molecule has 0 fully saturated rings. The Bertz CT molecular complexity index is 1200. The molecular weight excluding hydrogens is 757 g/mol. The summed E-state index contributed by atoms with van der Waals surface area (Å²) in [5.41, 5.74) is 0. The van der Waals surface area contributed by atoms with Crippen LogP contribution >= 0.6 is 0 Å². The van der Waals surface area contributed by atoms with Crippen molar-refractivity contribution in [3.8, 4) is 0 Å². The molecule has 348 valence electrons. The van der Waals surface area contributed by atoms with Crippen molar-refractivity contribution >= 4 is 17.9 Å². The molecule has 0 heterocycles. The maximum absolute atomic E-state index is 12.7. The van der Waals surface area contributed by atoms with Gasteiger partial charge in [-0.15, -0.1) is 0 Å². The average Bonchev–Trinajstić information content (AvgIpc) is 3.26. The first-order valence-corrected chi connectivity index (χ1v) is 25.1. The summed E-state index contributed by atoms with van der Waals surface area (Å²) in [5.74, 6) is -1.01. The van der Waals surface area contributed by atoms with Gasteiger partial charge in [-0.2, -0.15) is 0 Å². The van der Waals surface area contributed by atoms with Crippen molar-refractivity contribution in [1.82, 2.24) is 0 Å². The molecule has 0 N–H and O–H groups in total. The summed E-state index contributed by atoms with van der Waals surface area (Å²) in [6.45, 7) is 6.30. The molecule has 0 aliphatic rings. The van der Waals surface area contributed by atoms with Gasteiger partial charge in [-0.05, 0) is 64.2 Å². The van der Waals surface area contributed by atoms with Crippen molar-refractivity contribution in [3.63, 3.8) is 0 Å². The lowest BCUT2D eigenvalue weighted by molar-refractivity contribution is -0.167. The molecule has 0 aliphatic heterocycles. The Labute approximate surface area is 375 Å². The molecule has 0 aliphatic carbocycles. The van der Waals surface area contributed by atoms with Crippen LogP contribution in [0.25, 0.3) is 0 Å². The zero-order valence-corrected chi connectivity index (χ0v) is 39.7. The number of carbonyl (C=O) groups excluding carboxylic acids is 3. The van der Waals surface area contributed by atoms with Gasteiger partial charge in [0.2, 0.25) is 0 Å². The summed E-state index contributed by atoms with van der Waals surface area (Å²) < 4.78 is 16.7. The lowest BCUT2D eigenvalue weighted by Crippen LogP contribution is -2.30. The number of hydrogen-bond acceptors (Lipinski definition) is 6. The Kier molecular flexibility index (Phi) is 46.5. The highest BCUT2D eigenvalue weighted by molar-refractivity contribution is 5.71. The zero-order valence-electron chi connectivity index (χ0n) is 39.7. The normalized spacial score (nSPS) is 12.8. The van der Waals surface area contributed by atoms with Crippen LogP contribution in [0.4, 0.5) is 0 Å². The van der Waals surface area contributed by atoms with E-state index in [4.69, 9.17) is 14.2 Å². The Morgan fingerprint density at radius 3 is 1.25 bits per heavy atom. The van der Waals surface area contributed by atoms with Crippen LogP contribution in [-0.4, -0.2) is 37.2 Å². The van der Waals surface area contributed by atoms with Crippen LogP contribution in [-0.2, 0) is 28.6 Å². The summed E-state index contributed by atoms with van der Waals surface area (Å²) in [6.07, 6.45) is 63.0. The SMILES string of the molecule is CC\C=C/C=C\C=C/C=C\CCCCCC(=O)OC(COC(=O)CCC/C=C\C/C=C\C/C=C\CC)COC(=O)CCCCCCCCCCCCCCCCCCCCC. The molecule has 0 aromatic carbocycles. The number of ether oxygens (including phenoxy) is 3. The molecule has 6 heteroatoms. The van der Waals surface area contributed by atoms with Gasteiger partial charge < -0.3 is 14.2 Å². The summed E-state index contributed by atoms with van der Waals surface area (Å²) in [6, 6.07) is 0. The van der Waals surface area contributed by atoms with E-state index in [0.29, 0.717) is 19.3 Å². The number of carbonyl (C=O) groups is 3. The second-order valence-electron chi connectivity index (χ2n) is 16.4. The summed E-state index contributed by atoms with van der Waals surface area (Å²) in [5, 5.41) is 0. The number of rotatable bonds is 44. The molecule has 61 heavy (non-hydrogen) atoms. The average molecular weight is 849 g/mol. The summed E-state index contributed by atoms with van der Waals surface area (Å²) >= 11 is 0. The van der Waals surface area contributed by atoms with Gasteiger partial charge in [0, 0.05) is 19.3 Å². The summed E-state index contributed by atoms with van der Waals surface area (Å²) in [7, 11) is 0. The molecule has 1 atom stereocenters. The predicted octanol–water partition coefficient (Wildman–Crippen LogP) is 16.4. The third-order valence-corrected chi connectivity index (χ3v) is 10.5. The van der Waals surface area contributed by atoms with E-state index >= 15 is 0 Å². The van der Waals surface area contributed by atoms with Crippen molar-refractivity contribution in [2.75, 3.05) is 13.2 Å². The molecule has 0 saturated carbocycles. The molecule has 0 radical (unpaired) electrons. The van der Waals surface area contributed by atoms with Crippen molar-refractivity contribution in [3.05, 3.63) is 85.1 Å². The van der Waals surface area contributed by atoms with Gasteiger partial charge in [0.05, 0.1) is 0 Å². The zero-order chi connectivity index (χ0) is 44.4. The lowest BCUT2D eigenvalue weighted by Gasteiger charge is -2.18. The molecule has 0 spiro atoms. The van der Waals surface area contributed by atoms with Crippen LogP contribution < -0.4 is 0 Å². The molecule has 0 aromatic heterocycles. The largest absolute Gasteiger partial charge is 0.462 e. The predicted molar refractivity (Wildman–Crippen MR) is 261 cm³/mol. The number of hydrogen-bond donors (Lipinski definition) is 0. The second-order valence-corrected chi connectivity index (χ2v) is 16.4. The molecule has 6 nitrogen and oxygen atoms in total. The van der Waals surface area contributed by atoms with Crippen molar-refractivity contribution in [2.24, 2.45) is 0 Å². The van der Waals surface area contributed by atoms with Crippen molar-refractivity contribution in [1.29, 1.82) is 0 Å². The minimum absolute atomic E-state index is 0.107. The van der Waals surface area contributed by atoms with Crippen LogP contribution in [0.3, 0.4) is 0 Å². The first-order valence-electron chi connectivity index (χ1n) is 25.1. The molecule has 0 saturated heterocycles. The monoisotopic (exact) mass is 849 g/mol. The van der Waals surface area contributed by atoms with Crippen molar-refractivity contribution < 1.29 is 28.6 Å². The fourth-order valence-corrected chi connectivity index (χ4v) is 6.77. The van der Waals surface area contributed by atoms with E-state index in [1.54, 1.807) is 0 Å². The Morgan fingerprint density at radius 1 is 0.361 bits per heavy atom. The van der Waals surface area contributed by atoms with Crippen molar-refractivity contribution in [2.45, 2.75) is 232 Å². The third kappa shape index (κ3) is 47.5. The van der Waals surface area contributed by atoms with Gasteiger partial charge in [-0.3, -0.25) is 14.4 Å². The smallest absolute Gasteiger partial charge is 0.306 e. The molecule has 0 rings (SSSR count). The van der Waals surface area contributed by atoms with Crippen LogP contribution in [0.5, 0.6) is 0 Å². The van der Waals surface area contributed by atoms with Gasteiger partial charge in [0.1, 0.15) is 13.2 Å². The van der Waals surface area contributed by atoms with E-state index in [-0.39, 0.29) is 44.0 Å². The van der Waals surface area contributed by atoms with E-state index in [1.165, 1.54) is 103 Å². The first kappa shape index (κ1) is 57.6. The number of esters is 3. The maximum atomic E-state index is 12.7. The Hall–Kier alpha value is -3.41. The fraction of sp³-hybridized carbons (Fsp3) is 0.691. The van der Waals surface area contributed by atoms with Crippen LogP contribution in [0.1, 0.15) is 226 Å². The van der Waals surface area contributed by atoms with Gasteiger partial charge in [0.15, 0.2) is 6.10 Å². The maximum Gasteiger partial charge on any atom is 0.306 e. The molecule has 1 unspecified atom stereocenters. The molecule has 0 bridgehead atoms. The Morgan fingerprint density at radius 2 is 0.738 bits per heavy atom. The van der Waals surface area contributed by atoms with Crippen LogP contribution in [0, 0.1) is 0 Å².